The van der Waals surface area contributed by atoms with Crippen LogP contribution >= 0.6 is 11.8 Å². The van der Waals surface area contributed by atoms with Crippen LogP contribution < -0.4 is 10.1 Å². The number of benzene rings is 2. The first-order chi connectivity index (χ1) is 13.8. The number of ether oxygens (including phenoxy) is 1. The van der Waals surface area contributed by atoms with Crippen molar-refractivity contribution < 1.29 is 13.9 Å². The minimum Gasteiger partial charge on any atom is -0.496 e. The number of carbonyl (C=O) groups is 1. The van der Waals surface area contributed by atoms with Crippen LogP contribution in [0.15, 0.2) is 58.2 Å². The van der Waals surface area contributed by atoms with Crippen molar-refractivity contribution in [3.8, 4) is 17.2 Å². The van der Waals surface area contributed by atoms with Crippen molar-refractivity contribution in [3.05, 3.63) is 54.1 Å². The maximum atomic E-state index is 12.5. The number of para-hydroxylation sites is 1. The normalized spacial score (nSPS) is 12.4. The molecule has 0 saturated carbocycles. The molecule has 0 fully saturated rings. The number of hydrogen-bond acceptors (Lipinski definition) is 6. The van der Waals surface area contributed by atoms with E-state index < -0.39 is 5.25 Å². The molecule has 3 aromatic rings. The molecular weight excluding hydrogens is 386 g/mol. The van der Waals surface area contributed by atoms with E-state index in [2.05, 4.69) is 36.3 Å². The van der Waals surface area contributed by atoms with Gasteiger partial charge in [0.25, 0.3) is 11.1 Å². The molecule has 0 aliphatic heterocycles. The standard InChI is InChI=1S/C22H25N3O3S/c1-14(19(26)23-16-12-10-15(11-13-16)22(2,3)4)29-21-25-24-20(28-21)17-8-6-7-9-18(17)27-5/h6-14H,1-5H3,(H,23,26). The quantitative estimate of drug-likeness (QED) is 0.565. The van der Waals surface area contributed by atoms with Gasteiger partial charge >= 0.3 is 0 Å². The summed E-state index contributed by atoms with van der Waals surface area (Å²) in [5.74, 6) is 0.878. The highest BCUT2D eigenvalue weighted by molar-refractivity contribution is 8.00. The Bertz CT molecular complexity index is 977. The summed E-state index contributed by atoms with van der Waals surface area (Å²) in [7, 11) is 1.59. The average molecular weight is 412 g/mol. The van der Waals surface area contributed by atoms with Gasteiger partial charge in [-0.15, -0.1) is 10.2 Å². The third-order valence-corrected chi connectivity index (χ3v) is 5.34. The molecule has 1 atom stereocenters. The molecule has 0 saturated heterocycles. The number of carbonyl (C=O) groups excluding carboxylic acids is 1. The molecule has 0 spiro atoms. The Morgan fingerprint density at radius 3 is 2.45 bits per heavy atom. The third-order valence-electron chi connectivity index (χ3n) is 4.41. The van der Waals surface area contributed by atoms with Crippen LogP contribution in [0, 0.1) is 0 Å². The van der Waals surface area contributed by atoms with E-state index in [0.29, 0.717) is 22.4 Å². The second-order valence-corrected chi connectivity index (χ2v) is 8.94. The molecule has 1 amide bonds. The topological polar surface area (TPSA) is 77.2 Å². The molecule has 3 rings (SSSR count). The number of thioether (sulfide) groups is 1. The summed E-state index contributed by atoms with van der Waals surface area (Å²) in [6, 6.07) is 15.3. The summed E-state index contributed by atoms with van der Waals surface area (Å²) >= 11 is 1.21. The van der Waals surface area contributed by atoms with Crippen LogP contribution in [0.5, 0.6) is 5.75 Å². The summed E-state index contributed by atoms with van der Waals surface area (Å²) in [6.45, 7) is 8.27. The number of rotatable bonds is 6. The summed E-state index contributed by atoms with van der Waals surface area (Å²) in [5.41, 5.74) is 2.76. The summed E-state index contributed by atoms with van der Waals surface area (Å²) < 4.78 is 11.0. The Hall–Kier alpha value is -2.80. The molecule has 0 radical (unpaired) electrons. The van der Waals surface area contributed by atoms with Gasteiger partial charge < -0.3 is 14.5 Å². The van der Waals surface area contributed by atoms with Gasteiger partial charge in [0.05, 0.1) is 17.9 Å². The molecule has 1 aromatic heterocycles. The van der Waals surface area contributed by atoms with E-state index in [1.807, 2.05) is 48.5 Å². The Morgan fingerprint density at radius 2 is 1.79 bits per heavy atom. The smallest absolute Gasteiger partial charge is 0.277 e. The molecule has 6 nitrogen and oxygen atoms in total. The number of nitrogens with one attached hydrogen (secondary N) is 1. The Labute approximate surface area is 175 Å². The Kier molecular flexibility index (Phi) is 6.27. The highest BCUT2D eigenvalue weighted by Gasteiger charge is 2.20. The molecule has 0 aliphatic rings. The molecule has 29 heavy (non-hydrogen) atoms. The second-order valence-electron chi connectivity index (χ2n) is 7.65. The van der Waals surface area contributed by atoms with Crippen molar-refractivity contribution in [1.29, 1.82) is 0 Å². The molecule has 2 aromatic carbocycles. The van der Waals surface area contributed by atoms with Gasteiger partial charge in [0, 0.05) is 5.69 Å². The zero-order valence-electron chi connectivity index (χ0n) is 17.2. The fourth-order valence-corrected chi connectivity index (χ4v) is 3.37. The van der Waals surface area contributed by atoms with Crippen LogP contribution in [0.25, 0.3) is 11.5 Å². The number of hydrogen-bond donors (Lipinski definition) is 1. The number of aromatic nitrogens is 2. The summed E-state index contributed by atoms with van der Waals surface area (Å²) in [4.78, 5) is 12.5. The first-order valence-electron chi connectivity index (χ1n) is 9.33. The van der Waals surface area contributed by atoms with Gasteiger partial charge in [-0.2, -0.15) is 0 Å². The van der Waals surface area contributed by atoms with Crippen molar-refractivity contribution in [1.82, 2.24) is 10.2 Å². The van der Waals surface area contributed by atoms with E-state index in [1.165, 1.54) is 17.3 Å². The van der Waals surface area contributed by atoms with Crippen LogP contribution in [0.3, 0.4) is 0 Å². The van der Waals surface area contributed by atoms with Gasteiger partial charge in [0.2, 0.25) is 5.91 Å². The lowest BCUT2D eigenvalue weighted by molar-refractivity contribution is -0.115. The van der Waals surface area contributed by atoms with Crippen molar-refractivity contribution in [2.75, 3.05) is 12.4 Å². The largest absolute Gasteiger partial charge is 0.496 e. The van der Waals surface area contributed by atoms with Gasteiger partial charge in [0.15, 0.2) is 0 Å². The van der Waals surface area contributed by atoms with Crippen molar-refractivity contribution >= 4 is 23.4 Å². The predicted octanol–water partition coefficient (Wildman–Crippen LogP) is 5.16. The van der Waals surface area contributed by atoms with Crippen LogP contribution in [-0.2, 0) is 10.2 Å². The zero-order valence-corrected chi connectivity index (χ0v) is 18.0. The lowest BCUT2D eigenvalue weighted by Gasteiger charge is -2.19. The molecule has 152 valence electrons. The minimum absolute atomic E-state index is 0.0722. The fourth-order valence-electron chi connectivity index (χ4n) is 2.69. The molecule has 7 heteroatoms. The number of anilines is 1. The lowest BCUT2D eigenvalue weighted by Crippen LogP contribution is -2.22. The summed E-state index contributed by atoms with van der Waals surface area (Å²) in [6.07, 6.45) is 0. The van der Waals surface area contributed by atoms with Crippen LogP contribution in [0.1, 0.15) is 33.3 Å². The Balaban J connectivity index is 1.64. The molecule has 1 unspecified atom stereocenters. The number of amides is 1. The maximum absolute atomic E-state index is 12.5. The SMILES string of the molecule is COc1ccccc1-c1nnc(SC(C)C(=O)Nc2ccc(C(C)(C)C)cc2)o1. The van der Waals surface area contributed by atoms with E-state index >= 15 is 0 Å². The van der Waals surface area contributed by atoms with Crippen LogP contribution in [-0.4, -0.2) is 28.5 Å². The molecule has 0 bridgehead atoms. The van der Waals surface area contributed by atoms with Crippen LogP contribution in [0.4, 0.5) is 5.69 Å². The van der Waals surface area contributed by atoms with E-state index in [-0.39, 0.29) is 11.3 Å². The van der Waals surface area contributed by atoms with Gasteiger partial charge in [-0.1, -0.05) is 56.8 Å². The lowest BCUT2D eigenvalue weighted by atomic mass is 9.87. The Morgan fingerprint density at radius 1 is 1.10 bits per heavy atom. The van der Waals surface area contributed by atoms with Gasteiger partial charge in [-0.25, -0.2) is 0 Å². The minimum atomic E-state index is -0.400. The van der Waals surface area contributed by atoms with Crippen LogP contribution in [0.2, 0.25) is 0 Å². The van der Waals surface area contributed by atoms with E-state index in [0.717, 1.165) is 5.69 Å². The highest BCUT2D eigenvalue weighted by atomic mass is 32.2. The fraction of sp³-hybridized carbons (Fsp3) is 0.318. The summed E-state index contributed by atoms with van der Waals surface area (Å²) in [5, 5.41) is 11.0. The average Bonchev–Trinajstić information content (AvgIpc) is 3.15. The highest BCUT2D eigenvalue weighted by Crippen LogP contribution is 2.31. The molecule has 1 heterocycles. The maximum Gasteiger partial charge on any atom is 0.277 e. The first kappa shape index (κ1) is 20.9. The number of nitrogens with zero attached hydrogens (tertiary/aromatic N) is 2. The molecular formula is C22H25N3O3S. The van der Waals surface area contributed by atoms with Crippen molar-refractivity contribution in [3.63, 3.8) is 0 Å². The van der Waals surface area contributed by atoms with E-state index in [4.69, 9.17) is 9.15 Å². The second kappa shape index (κ2) is 8.69. The molecule has 0 aliphatic carbocycles. The van der Waals surface area contributed by atoms with Gasteiger partial charge in [-0.3, -0.25) is 4.79 Å². The van der Waals surface area contributed by atoms with E-state index in [9.17, 15) is 4.79 Å². The molecule has 1 N–H and O–H groups in total. The van der Waals surface area contributed by atoms with Gasteiger partial charge in [-0.05, 0) is 42.2 Å². The predicted molar refractivity (Wildman–Crippen MR) is 115 cm³/mol. The van der Waals surface area contributed by atoms with E-state index in [1.54, 1.807) is 14.0 Å². The monoisotopic (exact) mass is 411 g/mol. The van der Waals surface area contributed by atoms with Crippen molar-refractivity contribution in [2.24, 2.45) is 0 Å². The zero-order chi connectivity index (χ0) is 21.0. The van der Waals surface area contributed by atoms with Gasteiger partial charge in [0.1, 0.15) is 5.75 Å². The van der Waals surface area contributed by atoms with Crippen molar-refractivity contribution in [2.45, 2.75) is 43.6 Å². The third kappa shape index (κ3) is 5.17. The first-order valence-corrected chi connectivity index (χ1v) is 10.2. The number of methoxy groups -OCH3 is 1.